The molecule has 0 atom stereocenters. The first-order valence-corrected chi connectivity index (χ1v) is 7.19. The standard InChI is InChI=1S/C15H27N3O2/c1-5-6-10-19-11-9-17-13-8-7-12(16)14(18-13)20-15(2,3)4/h7-8H,5-6,9-11,16H2,1-4H3,(H,17,18). The van der Waals surface area contributed by atoms with E-state index in [1.165, 1.54) is 0 Å². The van der Waals surface area contributed by atoms with Gasteiger partial charge in [-0.25, -0.2) is 0 Å². The number of ether oxygens (including phenoxy) is 2. The van der Waals surface area contributed by atoms with Crippen LogP contribution in [-0.2, 0) is 4.74 Å². The van der Waals surface area contributed by atoms with E-state index in [0.717, 1.165) is 31.8 Å². The summed E-state index contributed by atoms with van der Waals surface area (Å²) in [6, 6.07) is 3.64. The SMILES string of the molecule is CCCCOCCNc1ccc(N)c(OC(C)(C)C)n1. The van der Waals surface area contributed by atoms with E-state index in [9.17, 15) is 0 Å². The molecule has 0 bridgehead atoms. The highest BCUT2D eigenvalue weighted by Gasteiger charge is 2.15. The van der Waals surface area contributed by atoms with E-state index in [4.69, 9.17) is 15.2 Å². The van der Waals surface area contributed by atoms with Crippen molar-refractivity contribution < 1.29 is 9.47 Å². The van der Waals surface area contributed by atoms with Gasteiger partial charge >= 0.3 is 0 Å². The second-order valence-corrected chi connectivity index (χ2v) is 5.70. The Morgan fingerprint density at radius 3 is 2.65 bits per heavy atom. The minimum Gasteiger partial charge on any atom is -0.470 e. The zero-order valence-electron chi connectivity index (χ0n) is 13.0. The molecule has 1 aromatic heterocycles. The monoisotopic (exact) mass is 281 g/mol. The van der Waals surface area contributed by atoms with Crippen LogP contribution in [0, 0.1) is 0 Å². The average molecular weight is 281 g/mol. The molecule has 0 saturated heterocycles. The Kier molecular flexibility index (Phi) is 6.58. The number of hydrogen-bond acceptors (Lipinski definition) is 5. The summed E-state index contributed by atoms with van der Waals surface area (Å²) in [4.78, 5) is 4.38. The number of nitrogens with zero attached hydrogens (tertiary/aromatic N) is 1. The summed E-state index contributed by atoms with van der Waals surface area (Å²) in [6.07, 6.45) is 2.25. The van der Waals surface area contributed by atoms with E-state index in [0.29, 0.717) is 18.2 Å². The van der Waals surface area contributed by atoms with Crippen molar-refractivity contribution in [2.24, 2.45) is 0 Å². The van der Waals surface area contributed by atoms with Gasteiger partial charge in [-0.2, -0.15) is 4.98 Å². The molecule has 1 aromatic rings. The molecule has 0 aliphatic carbocycles. The van der Waals surface area contributed by atoms with Crippen LogP contribution in [0.3, 0.4) is 0 Å². The Balaban J connectivity index is 2.45. The molecule has 5 heteroatoms. The van der Waals surface area contributed by atoms with Crippen molar-refractivity contribution in [2.45, 2.75) is 46.1 Å². The van der Waals surface area contributed by atoms with E-state index >= 15 is 0 Å². The molecule has 0 aliphatic rings. The van der Waals surface area contributed by atoms with Crippen LogP contribution in [0.15, 0.2) is 12.1 Å². The lowest BCUT2D eigenvalue weighted by Crippen LogP contribution is -2.24. The largest absolute Gasteiger partial charge is 0.470 e. The number of anilines is 2. The van der Waals surface area contributed by atoms with Crippen LogP contribution in [0.4, 0.5) is 11.5 Å². The quantitative estimate of drug-likeness (QED) is 0.717. The van der Waals surface area contributed by atoms with Gasteiger partial charge in [-0.3, -0.25) is 0 Å². The van der Waals surface area contributed by atoms with Gasteiger partial charge < -0.3 is 20.5 Å². The Morgan fingerprint density at radius 1 is 1.25 bits per heavy atom. The highest BCUT2D eigenvalue weighted by atomic mass is 16.5. The highest BCUT2D eigenvalue weighted by molar-refractivity contribution is 5.53. The molecule has 3 N–H and O–H groups in total. The summed E-state index contributed by atoms with van der Waals surface area (Å²) in [7, 11) is 0. The second kappa shape index (κ2) is 7.94. The zero-order chi connectivity index (χ0) is 15.0. The third-order valence-electron chi connectivity index (χ3n) is 2.49. The maximum absolute atomic E-state index is 5.87. The number of unbranched alkanes of at least 4 members (excludes halogenated alkanes) is 1. The summed E-state index contributed by atoms with van der Waals surface area (Å²) in [5.74, 6) is 1.21. The fraction of sp³-hybridized carbons (Fsp3) is 0.667. The molecule has 114 valence electrons. The lowest BCUT2D eigenvalue weighted by Gasteiger charge is -2.21. The molecule has 0 radical (unpaired) electrons. The minimum atomic E-state index is -0.316. The Bertz CT molecular complexity index is 403. The van der Waals surface area contributed by atoms with E-state index in [1.807, 2.05) is 26.8 Å². The van der Waals surface area contributed by atoms with Gasteiger partial charge in [0.05, 0.1) is 12.3 Å². The third kappa shape index (κ3) is 6.61. The number of aromatic nitrogens is 1. The molecular weight excluding hydrogens is 254 g/mol. The van der Waals surface area contributed by atoms with Crippen molar-refractivity contribution in [3.63, 3.8) is 0 Å². The van der Waals surface area contributed by atoms with Gasteiger partial charge in [-0.05, 0) is 39.3 Å². The summed E-state index contributed by atoms with van der Waals surface area (Å²) in [6.45, 7) is 10.3. The molecule has 1 heterocycles. The van der Waals surface area contributed by atoms with Crippen molar-refractivity contribution >= 4 is 11.5 Å². The molecule has 5 nitrogen and oxygen atoms in total. The maximum Gasteiger partial charge on any atom is 0.239 e. The maximum atomic E-state index is 5.87. The highest BCUT2D eigenvalue weighted by Crippen LogP contribution is 2.24. The van der Waals surface area contributed by atoms with Crippen LogP contribution in [-0.4, -0.2) is 30.3 Å². The van der Waals surface area contributed by atoms with Crippen LogP contribution in [0.1, 0.15) is 40.5 Å². The molecule has 0 saturated carbocycles. The summed E-state index contributed by atoms with van der Waals surface area (Å²) in [5, 5.41) is 3.20. The molecule has 20 heavy (non-hydrogen) atoms. The van der Waals surface area contributed by atoms with E-state index in [2.05, 4.69) is 17.2 Å². The molecule has 1 rings (SSSR count). The Morgan fingerprint density at radius 2 is 2.00 bits per heavy atom. The van der Waals surface area contributed by atoms with Crippen molar-refractivity contribution in [2.75, 3.05) is 30.8 Å². The number of nitrogen functional groups attached to an aromatic ring is 1. The van der Waals surface area contributed by atoms with Crippen molar-refractivity contribution in [3.05, 3.63) is 12.1 Å². The number of nitrogens with one attached hydrogen (secondary N) is 1. The normalized spacial score (nSPS) is 11.4. The molecule has 0 aliphatic heterocycles. The number of rotatable bonds is 8. The number of nitrogens with two attached hydrogens (primary N) is 1. The molecule has 0 fully saturated rings. The predicted molar refractivity (Wildman–Crippen MR) is 83.2 cm³/mol. The van der Waals surface area contributed by atoms with Gasteiger partial charge in [0.1, 0.15) is 11.4 Å². The molecule has 0 unspecified atom stereocenters. The molecule has 0 aromatic carbocycles. The average Bonchev–Trinajstić information content (AvgIpc) is 2.35. The van der Waals surface area contributed by atoms with Crippen LogP contribution < -0.4 is 15.8 Å². The van der Waals surface area contributed by atoms with E-state index < -0.39 is 0 Å². The van der Waals surface area contributed by atoms with Crippen molar-refractivity contribution in [1.29, 1.82) is 0 Å². The lowest BCUT2D eigenvalue weighted by atomic mass is 10.2. The summed E-state index contributed by atoms with van der Waals surface area (Å²) < 4.78 is 11.2. The first kappa shape index (κ1) is 16.6. The number of pyridine rings is 1. The molecular formula is C15H27N3O2. The fourth-order valence-corrected chi connectivity index (χ4v) is 1.52. The Hall–Kier alpha value is -1.49. The van der Waals surface area contributed by atoms with Gasteiger partial charge in [-0.1, -0.05) is 13.3 Å². The van der Waals surface area contributed by atoms with Crippen LogP contribution in [0.5, 0.6) is 5.88 Å². The van der Waals surface area contributed by atoms with Crippen molar-refractivity contribution in [3.8, 4) is 5.88 Å². The smallest absolute Gasteiger partial charge is 0.239 e. The van der Waals surface area contributed by atoms with E-state index in [1.54, 1.807) is 6.07 Å². The van der Waals surface area contributed by atoms with Crippen LogP contribution in [0.2, 0.25) is 0 Å². The van der Waals surface area contributed by atoms with Gasteiger partial charge in [0.25, 0.3) is 0 Å². The first-order chi connectivity index (χ1) is 9.42. The van der Waals surface area contributed by atoms with Gasteiger partial charge in [0.15, 0.2) is 0 Å². The third-order valence-corrected chi connectivity index (χ3v) is 2.49. The number of hydrogen-bond donors (Lipinski definition) is 2. The van der Waals surface area contributed by atoms with Crippen LogP contribution >= 0.6 is 0 Å². The van der Waals surface area contributed by atoms with Crippen molar-refractivity contribution in [1.82, 2.24) is 4.98 Å². The minimum absolute atomic E-state index is 0.316. The topological polar surface area (TPSA) is 69.4 Å². The predicted octanol–water partition coefficient (Wildman–Crippen LogP) is 3.07. The van der Waals surface area contributed by atoms with Gasteiger partial charge in [0.2, 0.25) is 5.88 Å². The summed E-state index contributed by atoms with van der Waals surface area (Å²) >= 11 is 0. The van der Waals surface area contributed by atoms with Gasteiger partial charge in [0, 0.05) is 13.2 Å². The molecule has 0 amide bonds. The fourth-order valence-electron chi connectivity index (χ4n) is 1.52. The Labute approximate surface area is 121 Å². The summed E-state index contributed by atoms with van der Waals surface area (Å²) in [5.41, 5.74) is 6.10. The zero-order valence-corrected chi connectivity index (χ0v) is 13.0. The van der Waals surface area contributed by atoms with Gasteiger partial charge in [-0.15, -0.1) is 0 Å². The second-order valence-electron chi connectivity index (χ2n) is 5.70. The first-order valence-electron chi connectivity index (χ1n) is 7.19. The van der Waals surface area contributed by atoms with Crippen LogP contribution in [0.25, 0.3) is 0 Å². The van der Waals surface area contributed by atoms with E-state index in [-0.39, 0.29) is 5.60 Å². The molecule has 0 spiro atoms. The lowest BCUT2D eigenvalue weighted by molar-refractivity contribution is 0.125.